The minimum absolute atomic E-state index is 0.0696. The molecule has 1 N–H and O–H groups in total. The van der Waals surface area contributed by atoms with E-state index in [1.807, 2.05) is 37.3 Å². The Morgan fingerprint density at radius 1 is 1.00 bits per heavy atom. The molecule has 120 valence electrons. The second-order valence-electron chi connectivity index (χ2n) is 5.67. The van der Waals surface area contributed by atoms with Gasteiger partial charge in [0.1, 0.15) is 0 Å². The lowest BCUT2D eigenvalue weighted by molar-refractivity contribution is 0.487. The first-order chi connectivity index (χ1) is 10.1. The van der Waals surface area contributed by atoms with Crippen LogP contribution in [0.5, 0.6) is 0 Å². The van der Waals surface area contributed by atoms with Crippen molar-refractivity contribution in [3.8, 4) is 0 Å². The predicted molar refractivity (Wildman–Crippen MR) is 89.7 cm³/mol. The lowest BCUT2D eigenvalue weighted by Crippen LogP contribution is -2.35. The largest absolute Gasteiger partial charge is 0.216 e. The quantitative estimate of drug-likeness (QED) is 0.621. The highest BCUT2D eigenvalue weighted by atomic mass is 32.2. The van der Waals surface area contributed by atoms with Crippen molar-refractivity contribution in [1.29, 1.82) is 0 Å². The highest BCUT2D eigenvalue weighted by Crippen LogP contribution is 2.11. The Morgan fingerprint density at radius 3 is 2.29 bits per heavy atom. The van der Waals surface area contributed by atoms with Gasteiger partial charge >= 0.3 is 0 Å². The van der Waals surface area contributed by atoms with E-state index in [1.165, 1.54) is 25.7 Å². The molecular weight excluding hydrogens is 282 g/mol. The molecule has 0 amide bonds. The molecule has 0 saturated heterocycles. The van der Waals surface area contributed by atoms with Crippen molar-refractivity contribution in [2.24, 2.45) is 0 Å². The monoisotopic (exact) mass is 311 g/mol. The summed E-state index contributed by atoms with van der Waals surface area (Å²) in [6.07, 6.45) is 7.86. The van der Waals surface area contributed by atoms with E-state index in [2.05, 4.69) is 11.6 Å². The van der Waals surface area contributed by atoms with Crippen LogP contribution in [0.15, 0.2) is 30.3 Å². The normalized spacial score (nSPS) is 13.2. The number of sulfonamides is 1. The molecule has 21 heavy (non-hydrogen) atoms. The molecule has 0 radical (unpaired) electrons. The van der Waals surface area contributed by atoms with Gasteiger partial charge in [-0.05, 0) is 18.4 Å². The molecule has 0 heterocycles. The topological polar surface area (TPSA) is 46.2 Å². The zero-order chi connectivity index (χ0) is 15.6. The molecule has 0 aliphatic heterocycles. The second-order valence-corrected chi connectivity index (χ2v) is 7.42. The van der Waals surface area contributed by atoms with Gasteiger partial charge in [-0.1, -0.05) is 76.3 Å². The van der Waals surface area contributed by atoms with Crippen LogP contribution in [0, 0.1) is 0 Å². The fraction of sp³-hybridized carbons (Fsp3) is 0.647. The number of nitrogens with one attached hydrogen (secondary N) is 1. The first kappa shape index (κ1) is 18.2. The fourth-order valence-corrected chi connectivity index (χ4v) is 3.94. The van der Waals surface area contributed by atoms with Gasteiger partial charge in [0.2, 0.25) is 10.0 Å². The van der Waals surface area contributed by atoms with Gasteiger partial charge in [0.15, 0.2) is 0 Å². The van der Waals surface area contributed by atoms with Crippen LogP contribution in [0.2, 0.25) is 0 Å². The molecule has 1 rings (SSSR count). The van der Waals surface area contributed by atoms with E-state index in [1.54, 1.807) is 0 Å². The first-order valence-electron chi connectivity index (χ1n) is 8.11. The average molecular weight is 311 g/mol. The Kier molecular flexibility index (Phi) is 8.62. The third-order valence-corrected chi connectivity index (χ3v) is 5.10. The van der Waals surface area contributed by atoms with Gasteiger partial charge in [0.05, 0.1) is 5.75 Å². The molecule has 0 spiro atoms. The summed E-state index contributed by atoms with van der Waals surface area (Å²) in [4.78, 5) is 0. The van der Waals surface area contributed by atoms with Crippen molar-refractivity contribution >= 4 is 10.0 Å². The van der Waals surface area contributed by atoms with Gasteiger partial charge < -0.3 is 0 Å². The molecule has 0 aliphatic rings. The minimum Gasteiger partial charge on any atom is -0.212 e. The highest BCUT2D eigenvalue weighted by Gasteiger charge is 2.16. The van der Waals surface area contributed by atoms with Crippen molar-refractivity contribution in [2.45, 2.75) is 70.6 Å². The summed E-state index contributed by atoms with van der Waals surface area (Å²) in [5, 5.41) is 0. The number of rotatable bonds is 11. The standard InChI is InChI=1S/C17H29NO2S/c1-3-5-6-7-11-14-17(4-2)18-21(19,20)15-16-12-9-8-10-13-16/h8-10,12-13,17-18H,3-7,11,14-15H2,1-2H3. The van der Waals surface area contributed by atoms with Crippen LogP contribution in [-0.4, -0.2) is 14.5 Å². The zero-order valence-electron chi connectivity index (χ0n) is 13.3. The SMILES string of the molecule is CCCCCCCC(CC)NS(=O)(=O)Cc1ccccc1. The maximum absolute atomic E-state index is 12.2. The Hall–Kier alpha value is -0.870. The average Bonchev–Trinajstić information content (AvgIpc) is 2.46. The van der Waals surface area contributed by atoms with Crippen LogP contribution in [0.25, 0.3) is 0 Å². The lowest BCUT2D eigenvalue weighted by atomic mass is 10.1. The van der Waals surface area contributed by atoms with E-state index >= 15 is 0 Å². The first-order valence-corrected chi connectivity index (χ1v) is 9.76. The number of unbranched alkanes of at least 4 members (excludes halogenated alkanes) is 4. The van der Waals surface area contributed by atoms with E-state index in [-0.39, 0.29) is 11.8 Å². The van der Waals surface area contributed by atoms with Gasteiger partial charge in [-0.3, -0.25) is 0 Å². The van der Waals surface area contributed by atoms with Crippen LogP contribution in [-0.2, 0) is 15.8 Å². The summed E-state index contributed by atoms with van der Waals surface area (Å²) in [6, 6.07) is 9.41. The Balaban J connectivity index is 2.40. The second kappa shape index (κ2) is 9.96. The number of benzene rings is 1. The molecule has 0 saturated carbocycles. The maximum Gasteiger partial charge on any atom is 0.216 e. The molecule has 4 heteroatoms. The molecule has 0 fully saturated rings. The lowest BCUT2D eigenvalue weighted by Gasteiger charge is -2.17. The van der Waals surface area contributed by atoms with Gasteiger partial charge in [0, 0.05) is 6.04 Å². The number of hydrogen-bond donors (Lipinski definition) is 1. The minimum atomic E-state index is -3.24. The molecule has 1 aromatic carbocycles. The zero-order valence-corrected chi connectivity index (χ0v) is 14.2. The van der Waals surface area contributed by atoms with Gasteiger partial charge in [-0.2, -0.15) is 0 Å². The van der Waals surface area contributed by atoms with E-state index in [0.29, 0.717) is 0 Å². The van der Waals surface area contributed by atoms with Crippen molar-refractivity contribution < 1.29 is 8.42 Å². The molecule has 1 unspecified atom stereocenters. The maximum atomic E-state index is 12.2. The van der Waals surface area contributed by atoms with Crippen LogP contribution >= 0.6 is 0 Å². The summed E-state index contributed by atoms with van der Waals surface area (Å²) in [7, 11) is -3.24. The van der Waals surface area contributed by atoms with E-state index in [4.69, 9.17) is 0 Å². The molecule has 1 atom stereocenters. The summed E-state index contributed by atoms with van der Waals surface area (Å²) < 4.78 is 27.2. The Morgan fingerprint density at radius 2 is 1.67 bits per heavy atom. The van der Waals surface area contributed by atoms with Crippen molar-refractivity contribution in [3.05, 3.63) is 35.9 Å². The third-order valence-electron chi connectivity index (χ3n) is 3.69. The highest BCUT2D eigenvalue weighted by molar-refractivity contribution is 7.88. The number of hydrogen-bond acceptors (Lipinski definition) is 2. The van der Waals surface area contributed by atoms with E-state index < -0.39 is 10.0 Å². The van der Waals surface area contributed by atoms with E-state index in [0.717, 1.165) is 24.8 Å². The van der Waals surface area contributed by atoms with Crippen molar-refractivity contribution in [2.75, 3.05) is 0 Å². The van der Waals surface area contributed by atoms with E-state index in [9.17, 15) is 8.42 Å². The van der Waals surface area contributed by atoms with Crippen LogP contribution in [0.1, 0.15) is 64.4 Å². The van der Waals surface area contributed by atoms with Gasteiger partial charge in [0.25, 0.3) is 0 Å². The van der Waals surface area contributed by atoms with Crippen LogP contribution in [0.4, 0.5) is 0 Å². The summed E-state index contributed by atoms with van der Waals surface area (Å²) in [5.74, 6) is 0.0696. The summed E-state index contributed by atoms with van der Waals surface area (Å²) in [5.41, 5.74) is 0.836. The van der Waals surface area contributed by atoms with Gasteiger partial charge in [-0.25, -0.2) is 13.1 Å². The Labute approximate surface area is 130 Å². The molecular formula is C17H29NO2S. The summed E-state index contributed by atoms with van der Waals surface area (Å²) >= 11 is 0. The third kappa shape index (κ3) is 8.22. The Bertz CT molecular complexity index is 471. The van der Waals surface area contributed by atoms with Crippen molar-refractivity contribution in [3.63, 3.8) is 0 Å². The van der Waals surface area contributed by atoms with Crippen molar-refractivity contribution in [1.82, 2.24) is 4.72 Å². The molecule has 1 aromatic rings. The van der Waals surface area contributed by atoms with Crippen LogP contribution < -0.4 is 4.72 Å². The fourth-order valence-electron chi connectivity index (χ4n) is 2.43. The molecule has 0 aliphatic carbocycles. The molecule has 0 aromatic heterocycles. The molecule has 0 bridgehead atoms. The smallest absolute Gasteiger partial charge is 0.212 e. The predicted octanol–water partition coefficient (Wildman–Crippen LogP) is 4.25. The molecule has 3 nitrogen and oxygen atoms in total. The van der Waals surface area contributed by atoms with Crippen LogP contribution in [0.3, 0.4) is 0 Å². The summed E-state index contributed by atoms with van der Waals surface area (Å²) in [6.45, 7) is 4.24. The van der Waals surface area contributed by atoms with Gasteiger partial charge in [-0.15, -0.1) is 0 Å².